The highest BCUT2D eigenvalue weighted by Gasteiger charge is 2.25. The number of ether oxygens (including phenoxy) is 2. The molecular weight excluding hydrogens is 536 g/mol. The van der Waals surface area contributed by atoms with Crippen LogP contribution in [-0.4, -0.2) is 88.1 Å². The first kappa shape index (κ1) is 29.4. The third kappa shape index (κ3) is 7.15. The van der Waals surface area contributed by atoms with Gasteiger partial charge in [0.1, 0.15) is 5.75 Å². The summed E-state index contributed by atoms with van der Waals surface area (Å²) in [5, 5.41) is 0.610. The first-order valence-electron chi connectivity index (χ1n) is 13.5. The van der Waals surface area contributed by atoms with Crippen LogP contribution in [0.1, 0.15) is 43.5 Å². The summed E-state index contributed by atoms with van der Waals surface area (Å²) in [7, 11) is -2.00. The number of hydrogen-bond donors (Lipinski definition) is 0. The van der Waals surface area contributed by atoms with Gasteiger partial charge in [-0.15, -0.1) is 0 Å². The van der Waals surface area contributed by atoms with Gasteiger partial charge in [0.2, 0.25) is 10.0 Å². The lowest BCUT2D eigenvalue weighted by atomic mass is 10.2. The number of anilines is 1. The van der Waals surface area contributed by atoms with Crippen LogP contribution in [-0.2, 0) is 14.8 Å². The summed E-state index contributed by atoms with van der Waals surface area (Å²) in [4.78, 5) is 22.8. The van der Waals surface area contributed by atoms with Gasteiger partial charge in [0, 0.05) is 44.8 Å². The largest absolute Gasteiger partial charge is 0.497 e. The number of amides is 1. The minimum Gasteiger partial charge on any atom is -0.497 e. The summed E-state index contributed by atoms with van der Waals surface area (Å²) in [6, 6.07) is 12.0. The number of rotatable bonds is 13. The number of carbonyl (C=O) groups excluding carboxylic acids is 1. The molecule has 4 rings (SSSR count). The molecule has 2 heterocycles. The van der Waals surface area contributed by atoms with Gasteiger partial charge >= 0.3 is 0 Å². The van der Waals surface area contributed by atoms with Crippen LogP contribution in [0.25, 0.3) is 10.2 Å². The number of carbonyl (C=O) groups is 1. The second kappa shape index (κ2) is 13.7. The van der Waals surface area contributed by atoms with Gasteiger partial charge in [-0.25, -0.2) is 13.4 Å². The Bertz CT molecular complexity index is 1330. The molecule has 1 aliphatic rings. The Morgan fingerprint density at radius 2 is 1.74 bits per heavy atom. The van der Waals surface area contributed by atoms with Gasteiger partial charge in [0.05, 0.1) is 35.4 Å². The van der Waals surface area contributed by atoms with Crippen molar-refractivity contribution in [2.75, 3.05) is 64.5 Å². The third-order valence-electron chi connectivity index (χ3n) is 6.71. The summed E-state index contributed by atoms with van der Waals surface area (Å²) in [6.45, 7) is 9.44. The molecule has 0 N–H and O–H groups in total. The topological polar surface area (TPSA) is 92.3 Å². The van der Waals surface area contributed by atoms with Gasteiger partial charge in [-0.05, 0) is 61.7 Å². The molecule has 1 fully saturated rings. The Hall–Kier alpha value is -2.57. The molecule has 1 amide bonds. The lowest BCUT2D eigenvalue weighted by molar-refractivity contribution is 0.0376. The normalized spacial score (nSPS) is 14.7. The Morgan fingerprint density at radius 1 is 1.05 bits per heavy atom. The van der Waals surface area contributed by atoms with Crippen LogP contribution < -0.4 is 9.64 Å². The fourth-order valence-corrected chi connectivity index (χ4v) is 7.26. The van der Waals surface area contributed by atoms with E-state index in [2.05, 4.69) is 4.90 Å². The van der Waals surface area contributed by atoms with E-state index in [-0.39, 0.29) is 10.8 Å². The molecule has 0 saturated carbocycles. The molecule has 11 heteroatoms. The number of aromatic nitrogens is 1. The van der Waals surface area contributed by atoms with Gasteiger partial charge in [-0.3, -0.25) is 14.6 Å². The predicted molar refractivity (Wildman–Crippen MR) is 156 cm³/mol. The van der Waals surface area contributed by atoms with Gasteiger partial charge in [0.25, 0.3) is 5.91 Å². The first-order chi connectivity index (χ1) is 18.9. The standard InChI is InChI=1S/C28H38N4O5S2/c1-4-13-31(14-5-2)39(34,35)24-10-7-22(8-11-24)27(33)32(16-6-15-30-17-19-37-20-18-30)28-29-25-12-9-23(36-3)21-26(25)38-28/h7-12,21H,4-6,13-20H2,1-3H3. The Labute approximate surface area is 235 Å². The second-order valence-corrected chi connectivity index (χ2v) is 12.5. The average molecular weight is 575 g/mol. The molecule has 0 bridgehead atoms. The molecule has 0 atom stereocenters. The first-order valence-corrected chi connectivity index (χ1v) is 15.8. The van der Waals surface area contributed by atoms with Crippen molar-refractivity contribution in [3.05, 3.63) is 48.0 Å². The molecule has 0 radical (unpaired) electrons. The predicted octanol–water partition coefficient (Wildman–Crippen LogP) is 4.48. The zero-order valence-electron chi connectivity index (χ0n) is 23.0. The number of fused-ring (bicyclic) bond motifs is 1. The van der Waals surface area contributed by atoms with E-state index in [4.69, 9.17) is 14.5 Å². The van der Waals surface area contributed by atoms with Crippen molar-refractivity contribution in [2.24, 2.45) is 0 Å². The monoisotopic (exact) mass is 574 g/mol. The van der Waals surface area contributed by atoms with Crippen molar-refractivity contribution in [3.63, 3.8) is 0 Å². The van der Waals surface area contributed by atoms with Gasteiger partial charge in [-0.2, -0.15) is 4.31 Å². The second-order valence-electron chi connectivity index (χ2n) is 9.52. The van der Waals surface area contributed by atoms with E-state index >= 15 is 0 Å². The van der Waals surface area contributed by atoms with Crippen molar-refractivity contribution in [3.8, 4) is 5.75 Å². The lowest BCUT2D eigenvalue weighted by Gasteiger charge is -2.27. The molecule has 3 aromatic rings. The Kier molecular flexibility index (Phi) is 10.3. The number of benzene rings is 2. The SMILES string of the molecule is CCCN(CCC)S(=O)(=O)c1ccc(C(=O)N(CCCN2CCOCC2)c2nc3ccc(OC)cc3s2)cc1. The zero-order chi connectivity index (χ0) is 27.8. The van der Waals surface area contributed by atoms with E-state index in [1.807, 2.05) is 32.0 Å². The van der Waals surface area contributed by atoms with Gasteiger partial charge < -0.3 is 9.47 Å². The summed E-state index contributed by atoms with van der Waals surface area (Å²) >= 11 is 1.44. The van der Waals surface area contributed by atoms with Crippen LogP contribution in [0.4, 0.5) is 5.13 Å². The van der Waals surface area contributed by atoms with E-state index in [9.17, 15) is 13.2 Å². The minimum absolute atomic E-state index is 0.201. The highest BCUT2D eigenvalue weighted by atomic mass is 32.2. The van der Waals surface area contributed by atoms with Crippen LogP contribution in [0.3, 0.4) is 0 Å². The maximum absolute atomic E-state index is 13.8. The molecular formula is C28H38N4O5S2. The number of hydrogen-bond acceptors (Lipinski definition) is 8. The van der Waals surface area contributed by atoms with E-state index < -0.39 is 10.0 Å². The maximum atomic E-state index is 13.8. The Balaban J connectivity index is 1.58. The number of morpholine rings is 1. The molecule has 1 aliphatic heterocycles. The van der Waals surface area contributed by atoms with E-state index in [0.29, 0.717) is 30.3 Å². The van der Waals surface area contributed by atoms with Crippen LogP contribution >= 0.6 is 11.3 Å². The fourth-order valence-electron chi connectivity index (χ4n) is 4.62. The summed E-state index contributed by atoms with van der Waals surface area (Å²) < 4.78 is 39.6. The maximum Gasteiger partial charge on any atom is 0.260 e. The third-order valence-corrected chi connectivity index (χ3v) is 9.66. The summed E-state index contributed by atoms with van der Waals surface area (Å²) in [6.07, 6.45) is 2.26. The van der Waals surface area contributed by atoms with Crippen LogP contribution in [0.5, 0.6) is 5.75 Å². The zero-order valence-corrected chi connectivity index (χ0v) is 24.6. The highest BCUT2D eigenvalue weighted by Crippen LogP contribution is 2.32. The van der Waals surface area contributed by atoms with Crippen molar-refractivity contribution in [2.45, 2.75) is 38.0 Å². The van der Waals surface area contributed by atoms with E-state index in [0.717, 1.165) is 68.1 Å². The number of thiazole rings is 1. The number of sulfonamides is 1. The van der Waals surface area contributed by atoms with Crippen LogP contribution in [0, 0.1) is 0 Å². The molecule has 0 spiro atoms. The van der Waals surface area contributed by atoms with Crippen molar-refractivity contribution in [1.29, 1.82) is 0 Å². The van der Waals surface area contributed by atoms with Crippen molar-refractivity contribution >= 4 is 42.6 Å². The van der Waals surface area contributed by atoms with Crippen molar-refractivity contribution in [1.82, 2.24) is 14.2 Å². The minimum atomic E-state index is -3.62. The van der Waals surface area contributed by atoms with E-state index in [1.54, 1.807) is 24.1 Å². The molecule has 1 aromatic heterocycles. The highest BCUT2D eigenvalue weighted by molar-refractivity contribution is 7.89. The van der Waals surface area contributed by atoms with Crippen LogP contribution in [0.2, 0.25) is 0 Å². The smallest absolute Gasteiger partial charge is 0.260 e. The quantitative estimate of drug-likeness (QED) is 0.297. The summed E-state index contributed by atoms with van der Waals surface area (Å²) in [5.74, 6) is 0.533. The lowest BCUT2D eigenvalue weighted by Crippen LogP contribution is -2.39. The molecule has 0 unspecified atom stereocenters. The Morgan fingerprint density at radius 3 is 2.38 bits per heavy atom. The molecule has 0 aliphatic carbocycles. The molecule has 39 heavy (non-hydrogen) atoms. The van der Waals surface area contributed by atoms with Crippen molar-refractivity contribution < 1.29 is 22.7 Å². The van der Waals surface area contributed by atoms with Crippen LogP contribution in [0.15, 0.2) is 47.4 Å². The van der Waals surface area contributed by atoms with E-state index in [1.165, 1.54) is 27.8 Å². The molecule has 2 aromatic carbocycles. The number of nitrogens with zero attached hydrogens (tertiary/aromatic N) is 4. The fraction of sp³-hybridized carbons (Fsp3) is 0.500. The molecule has 212 valence electrons. The van der Waals surface area contributed by atoms with Gasteiger partial charge in [0.15, 0.2) is 5.13 Å². The van der Waals surface area contributed by atoms with Gasteiger partial charge in [-0.1, -0.05) is 25.2 Å². The molecule has 1 saturated heterocycles. The average Bonchev–Trinajstić information content (AvgIpc) is 3.38. The number of methoxy groups -OCH3 is 1. The molecule has 9 nitrogen and oxygen atoms in total. The summed E-state index contributed by atoms with van der Waals surface area (Å²) in [5.41, 5.74) is 1.23.